The third-order valence-corrected chi connectivity index (χ3v) is 4.62. The van der Waals surface area contributed by atoms with E-state index in [1.54, 1.807) is 7.05 Å². The maximum atomic E-state index is 13.6. The van der Waals surface area contributed by atoms with Crippen molar-refractivity contribution in [1.29, 1.82) is 0 Å². The quantitative estimate of drug-likeness (QED) is 0.395. The van der Waals surface area contributed by atoms with Crippen molar-refractivity contribution in [3.05, 3.63) is 35.4 Å². The van der Waals surface area contributed by atoms with Gasteiger partial charge in [-0.25, -0.2) is 8.78 Å². The highest BCUT2D eigenvalue weighted by Gasteiger charge is 2.16. The Balaban J connectivity index is 1.64. The first-order chi connectivity index (χ1) is 12.6. The highest BCUT2D eigenvalue weighted by molar-refractivity contribution is 5.80. The Labute approximate surface area is 153 Å². The zero-order chi connectivity index (χ0) is 18.8. The number of hydrogen-bond donors (Lipinski definition) is 3. The molecule has 5 nitrogen and oxygen atoms in total. The van der Waals surface area contributed by atoms with Gasteiger partial charge in [-0.05, 0) is 37.0 Å². The molecule has 0 aromatic heterocycles. The molecule has 7 heteroatoms. The van der Waals surface area contributed by atoms with E-state index in [-0.39, 0.29) is 18.0 Å². The number of halogens is 2. The molecular formula is C19H28F2N4O. The van der Waals surface area contributed by atoms with Gasteiger partial charge in [0.1, 0.15) is 11.6 Å². The number of amides is 1. The topological polar surface area (TPSA) is 65.5 Å². The summed E-state index contributed by atoms with van der Waals surface area (Å²) in [5, 5.41) is 8.87. The zero-order valence-corrected chi connectivity index (χ0v) is 15.3. The second kappa shape index (κ2) is 10.7. The molecule has 1 aliphatic carbocycles. The molecule has 26 heavy (non-hydrogen) atoms. The third-order valence-electron chi connectivity index (χ3n) is 4.62. The van der Waals surface area contributed by atoms with Crippen molar-refractivity contribution in [2.24, 2.45) is 10.9 Å². The number of hydrogen-bond acceptors (Lipinski definition) is 2. The second-order valence-corrected chi connectivity index (χ2v) is 6.65. The largest absolute Gasteiger partial charge is 0.355 e. The van der Waals surface area contributed by atoms with E-state index in [0.29, 0.717) is 31.4 Å². The van der Waals surface area contributed by atoms with Gasteiger partial charge in [-0.3, -0.25) is 9.79 Å². The number of aliphatic imine (C=N–C) groups is 1. The Bertz CT molecular complexity index is 616. The van der Waals surface area contributed by atoms with E-state index in [9.17, 15) is 13.6 Å². The molecule has 2 rings (SSSR count). The van der Waals surface area contributed by atoms with E-state index in [0.717, 1.165) is 31.0 Å². The minimum Gasteiger partial charge on any atom is -0.355 e. The van der Waals surface area contributed by atoms with Crippen LogP contribution < -0.4 is 16.0 Å². The van der Waals surface area contributed by atoms with Crippen molar-refractivity contribution in [3.63, 3.8) is 0 Å². The fraction of sp³-hybridized carbons (Fsp3) is 0.579. The molecule has 1 fully saturated rings. The maximum Gasteiger partial charge on any atom is 0.220 e. The van der Waals surface area contributed by atoms with E-state index in [1.165, 1.54) is 19.3 Å². The zero-order valence-electron chi connectivity index (χ0n) is 15.3. The van der Waals surface area contributed by atoms with Gasteiger partial charge >= 0.3 is 0 Å². The summed E-state index contributed by atoms with van der Waals surface area (Å²) in [7, 11) is 1.60. The van der Waals surface area contributed by atoms with Gasteiger partial charge in [0.15, 0.2) is 5.96 Å². The lowest BCUT2D eigenvalue weighted by Gasteiger charge is -2.20. The summed E-state index contributed by atoms with van der Waals surface area (Å²) < 4.78 is 26.8. The minimum absolute atomic E-state index is 0.0866. The molecule has 0 unspecified atom stereocenters. The Morgan fingerprint density at radius 3 is 2.58 bits per heavy atom. The fourth-order valence-electron chi connectivity index (χ4n) is 3.19. The van der Waals surface area contributed by atoms with Crippen LogP contribution in [0, 0.1) is 17.6 Å². The maximum absolute atomic E-state index is 13.6. The van der Waals surface area contributed by atoms with Gasteiger partial charge in [-0.2, -0.15) is 0 Å². The number of nitrogens with zero attached hydrogens (tertiary/aromatic N) is 1. The van der Waals surface area contributed by atoms with Gasteiger partial charge in [0.05, 0.1) is 0 Å². The average molecular weight is 366 g/mol. The molecule has 3 N–H and O–H groups in total. The van der Waals surface area contributed by atoms with Gasteiger partial charge < -0.3 is 16.0 Å². The van der Waals surface area contributed by atoms with E-state index < -0.39 is 11.6 Å². The van der Waals surface area contributed by atoms with Gasteiger partial charge in [-0.15, -0.1) is 0 Å². The third kappa shape index (κ3) is 6.98. The monoisotopic (exact) mass is 366 g/mol. The van der Waals surface area contributed by atoms with Crippen molar-refractivity contribution >= 4 is 11.9 Å². The molecule has 1 aromatic rings. The van der Waals surface area contributed by atoms with Crippen molar-refractivity contribution in [3.8, 4) is 0 Å². The Hall–Kier alpha value is -2.18. The van der Waals surface area contributed by atoms with Crippen molar-refractivity contribution in [2.45, 2.75) is 45.1 Å². The molecule has 144 valence electrons. The van der Waals surface area contributed by atoms with Crippen LogP contribution in [0.2, 0.25) is 0 Å². The molecular weight excluding hydrogens is 338 g/mol. The highest BCUT2D eigenvalue weighted by Crippen LogP contribution is 2.25. The molecule has 0 atom stereocenters. The summed E-state index contributed by atoms with van der Waals surface area (Å²) in [6, 6.07) is 3.34. The van der Waals surface area contributed by atoms with Gasteiger partial charge in [-0.1, -0.05) is 19.3 Å². The molecule has 1 amide bonds. The standard InChI is InChI=1S/C19H28F2N4O/c1-22-19(25-13-15-12-16(20)7-8-17(15)21)24-10-9-23-18(26)11-14-5-3-2-4-6-14/h7-8,12,14H,2-6,9-11,13H2,1H3,(H,23,26)(H2,22,24,25). The Morgan fingerprint density at radius 1 is 1.12 bits per heavy atom. The van der Waals surface area contributed by atoms with Crippen molar-refractivity contribution in [1.82, 2.24) is 16.0 Å². The Kier molecular flexibility index (Phi) is 8.31. The number of benzene rings is 1. The summed E-state index contributed by atoms with van der Waals surface area (Å²) in [4.78, 5) is 16.0. The molecule has 0 bridgehead atoms. The van der Waals surface area contributed by atoms with E-state index >= 15 is 0 Å². The predicted octanol–water partition coefficient (Wildman–Crippen LogP) is 2.72. The van der Waals surface area contributed by atoms with E-state index in [4.69, 9.17) is 0 Å². The highest BCUT2D eigenvalue weighted by atomic mass is 19.1. The SMILES string of the molecule is CN=C(NCCNC(=O)CC1CCCCC1)NCc1cc(F)ccc1F. The summed E-state index contributed by atoms with van der Waals surface area (Å²) in [5.74, 6) is 0.127. The molecule has 1 aromatic carbocycles. The van der Waals surface area contributed by atoms with Crippen LogP contribution in [-0.2, 0) is 11.3 Å². The molecule has 0 spiro atoms. The number of carbonyl (C=O) groups excluding carboxylic acids is 1. The summed E-state index contributed by atoms with van der Waals surface area (Å²) in [6.07, 6.45) is 6.65. The van der Waals surface area contributed by atoms with Gasteiger partial charge in [0, 0.05) is 38.7 Å². The first-order valence-electron chi connectivity index (χ1n) is 9.23. The molecule has 0 aliphatic heterocycles. The van der Waals surface area contributed by atoms with Gasteiger partial charge in [0.25, 0.3) is 0 Å². The molecule has 1 saturated carbocycles. The molecule has 1 aliphatic rings. The number of carbonyl (C=O) groups is 1. The first kappa shape index (κ1) is 20.1. The van der Waals surface area contributed by atoms with Crippen molar-refractivity contribution < 1.29 is 13.6 Å². The summed E-state index contributed by atoms with van der Waals surface area (Å²) in [6.45, 7) is 1.11. The van der Waals surface area contributed by atoms with E-state index in [1.807, 2.05) is 0 Å². The lowest BCUT2D eigenvalue weighted by molar-refractivity contribution is -0.122. The van der Waals surface area contributed by atoms with Crippen LogP contribution >= 0.6 is 0 Å². The predicted molar refractivity (Wildman–Crippen MR) is 98.8 cm³/mol. The summed E-state index contributed by atoms with van der Waals surface area (Å²) in [5.41, 5.74) is 0.230. The number of guanidine groups is 1. The van der Waals surface area contributed by atoms with Crippen LogP contribution in [0.4, 0.5) is 8.78 Å². The van der Waals surface area contributed by atoms with E-state index in [2.05, 4.69) is 20.9 Å². The van der Waals surface area contributed by atoms with Crippen LogP contribution in [0.1, 0.15) is 44.1 Å². The number of nitrogens with one attached hydrogen (secondary N) is 3. The molecule has 0 saturated heterocycles. The second-order valence-electron chi connectivity index (χ2n) is 6.65. The fourth-order valence-corrected chi connectivity index (χ4v) is 3.19. The lowest BCUT2D eigenvalue weighted by Crippen LogP contribution is -2.41. The molecule has 0 heterocycles. The average Bonchev–Trinajstić information content (AvgIpc) is 2.64. The Morgan fingerprint density at radius 2 is 1.85 bits per heavy atom. The van der Waals surface area contributed by atoms with Crippen LogP contribution in [0.3, 0.4) is 0 Å². The van der Waals surface area contributed by atoms with Crippen LogP contribution in [-0.4, -0.2) is 32.0 Å². The van der Waals surface area contributed by atoms with Gasteiger partial charge in [0.2, 0.25) is 5.91 Å². The van der Waals surface area contributed by atoms with Crippen LogP contribution in [0.15, 0.2) is 23.2 Å². The lowest BCUT2D eigenvalue weighted by atomic mass is 9.87. The first-order valence-corrected chi connectivity index (χ1v) is 9.23. The normalized spacial score (nSPS) is 15.6. The minimum atomic E-state index is -0.480. The molecule has 0 radical (unpaired) electrons. The smallest absolute Gasteiger partial charge is 0.220 e. The van der Waals surface area contributed by atoms with Crippen molar-refractivity contribution in [2.75, 3.05) is 20.1 Å². The summed E-state index contributed by atoms with van der Waals surface area (Å²) >= 11 is 0. The van der Waals surface area contributed by atoms with Crippen LogP contribution in [0.25, 0.3) is 0 Å². The van der Waals surface area contributed by atoms with Crippen LogP contribution in [0.5, 0.6) is 0 Å². The number of rotatable bonds is 7.